The topological polar surface area (TPSA) is 54.4 Å². The summed E-state index contributed by atoms with van der Waals surface area (Å²) in [6, 6.07) is 8.12. The minimum absolute atomic E-state index is 0.328. The fourth-order valence-electron chi connectivity index (χ4n) is 5.01. The Bertz CT molecular complexity index is 591. The molecule has 0 amide bonds. The van der Waals surface area contributed by atoms with Gasteiger partial charge in [0.1, 0.15) is 18.5 Å². The van der Waals surface area contributed by atoms with Crippen LogP contribution in [0.3, 0.4) is 0 Å². The van der Waals surface area contributed by atoms with E-state index in [9.17, 15) is 5.11 Å². The molecule has 4 atom stereocenters. The number of nitrogens with zero attached hydrogens (tertiary/aromatic N) is 2. The molecule has 2 aliphatic heterocycles. The lowest BCUT2D eigenvalue weighted by Gasteiger charge is -2.37. The molecule has 6 heteroatoms. The van der Waals surface area contributed by atoms with Crippen molar-refractivity contribution in [3.63, 3.8) is 0 Å². The maximum absolute atomic E-state index is 10.4. The van der Waals surface area contributed by atoms with Crippen molar-refractivity contribution in [3.8, 4) is 5.75 Å². The summed E-state index contributed by atoms with van der Waals surface area (Å²) in [5.41, 5.74) is 1.21. The highest BCUT2D eigenvalue weighted by molar-refractivity contribution is 5.27. The van der Waals surface area contributed by atoms with Crippen molar-refractivity contribution in [1.29, 1.82) is 0 Å². The maximum atomic E-state index is 10.4. The number of aliphatic hydroxyl groups is 1. The van der Waals surface area contributed by atoms with Crippen LogP contribution < -0.4 is 4.74 Å². The highest BCUT2D eigenvalue weighted by atomic mass is 16.7. The molecule has 2 saturated heterocycles. The predicted molar refractivity (Wildman–Crippen MR) is 107 cm³/mol. The molecule has 1 aliphatic carbocycles. The summed E-state index contributed by atoms with van der Waals surface area (Å²) < 4.78 is 11.5. The largest absolute Gasteiger partial charge is 0.491 e. The monoisotopic (exact) mass is 390 g/mol. The van der Waals surface area contributed by atoms with Crippen LogP contribution in [0.2, 0.25) is 0 Å². The Kier molecular flexibility index (Phi) is 6.86. The number of likely N-dealkylation sites (tertiary alicyclic amines) is 1. The Morgan fingerprint density at radius 1 is 1.14 bits per heavy atom. The summed E-state index contributed by atoms with van der Waals surface area (Å²) in [6.45, 7) is 5.68. The molecule has 6 nitrogen and oxygen atoms in total. The average molecular weight is 391 g/mol. The van der Waals surface area contributed by atoms with Gasteiger partial charge in [-0.25, -0.2) is 0 Å². The minimum Gasteiger partial charge on any atom is -0.491 e. The van der Waals surface area contributed by atoms with Crippen LogP contribution >= 0.6 is 0 Å². The molecule has 4 rings (SSSR count). The Balaban J connectivity index is 1.19. The van der Waals surface area contributed by atoms with E-state index >= 15 is 0 Å². The van der Waals surface area contributed by atoms with Crippen LogP contribution in [0.15, 0.2) is 24.3 Å². The molecule has 0 spiro atoms. The Hall–Kier alpha value is -1.18. The lowest BCUT2D eigenvalue weighted by atomic mass is 9.94. The van der Waals surface area contributed by atoms with Crippen molar-refractivity contribution in [2.45, 2.75) is 44.4 Å². The van der Waals surface area contributed by atoms with Crippen molar-refractivity contribution >= 4 is 0 Å². The molecule has 1 N–H and O–H groups in total. The van der Waals surface area contributed by atoms with Gasteiger partial charge < -0.3 is 14.6 Å². The third kappa shape index (κ3) is 5.05. The third-order valence-electron chi connectivity index (χ3n) is 6.36. The molecule has 2 bridgehead atoms. The van der Waals surface area contributed by atoms with Gasteiger partial charge >= 0.3 is 0 Å². The summed E-state index contributed by atoms with van der Waals surface area (Å²) >= 11 is 0. The van der Waals surface area contributed by atoms with Gasteiger partial charge in [0.2, 0.25) is 0 Å². The van der Waals surface area contributed by atoms with Crippen molar-refractivity contribution in [3.05, 3.63) is 29.8 Å². The zero-order valence-electron chi connectivity index (χ0n) is 17.0. The molecule has 28 heavy (non-hydrogen) atoms. The third-order valence-corrected chi connectivity index (χ3v) is 6.36. The molecule has 1 aromatic carbocycles. The number of hydroxylamine groups is 2. The molecule has 2 heterocycles. The molecule has 0 aromatic heterocycles. The molecular formula is C22H34N2O4. The molecule has 1 saturated carbocycles. The van der Waals surface area contributed by atoms with Gasteiger partial charge in [-0.3, -0.25) is 9.74 Å². The van der Waals surface area contributed by atoms with E-state index in [4.69, 9.17) is 14.3 Å². The Morgan fingerprint density at radius 3 is 2.54 bits per heavy atom. The number of ether oxygens (including phenoxy) is 2. The van der Waals surface area contributed by atoms with Gasteiger partial charge in [0, 0.05) is 39.8 Å². The van der Waals surface area contributed by atoms with Crippen LogP contribution in [0.25, 0.3) is 0 Å². The first kappa shape index (κ1) is 20.1. The Morgan fingerprint density at radius 2 is 1.89 bits per heavy atom. The fraction of sp³-hybridized carbons (Fsp3) is 0.727. The number of aliphatic hydroxyl groups excluding tert-OH is 1. The van der Waals surface area contributed by atoms with Gasteiger partial charge in [-0.05, 0) is 55.2 Å². The second kappa shape index (κ2) is 9.55. The van der Waals surface area contributed by atoms with Gasteiger partial charge in [-0.1, -0.05) is 12.1 Å². The zero-order chi connectivity index (χ0) is 19.3. The van der Waals surface area contributed by atoms with Crippen molar-refractivity contribution in [2.75, 3.05) is 46.5 Å². The smallest absolute Gasteiger partial charge is 0.119 e. The number of methoxy groups -OCH3 is 1. The number of rotatable bonds is 8. The number of piperidine rings is 1. The van der Waals surface area contributed by atoms with Crippen LogP contribution in [0.5, 0.6) is 5.75 Å². The highest BCUT2D eigenvalue weighted by Gasteiger charge is 2.42. The van der Waals surface area contributed by atoms with Crippen LogP contribution in [-0.4, -0.2) is 73.8 Å². The number of hydrogen-bond donors (Lipinski definition) is 1. The van der Waals surface area contributed by atoms with Gasteiger partial charge in [-0.15, -0.1) is 0 Å². The fourth-order valence-corrected chi connectivity index (χ4v) is 5.01. The molecule has 2 unspecified atom stereocenters. The predicted octanol–water partition coefficient (Wildman–Crippen LogP) is 2.31. The first-order valence-electron chi connectivity index (χ1n) is 10.7. The molecular weight excluding hydrogens is 356 g/mol. The van der Waals surface area contributed by atoms with Gasteiger partial charge in [0.05, 0.1) is 12.7 Å². The van der Waals surface area contributed by atoms with E-state index in [0.29, 0.717) is 31.1 Å². The van der Waals surface area contributed by atoms with Crippen molar-refractivity contribution in [2.24, 2.45) is 11.8 Å². The van der Waals surface area contributed by atoms with E-state index in [0.717, 1.165) is 45.0 Å². The number of fused-ring (bicyclic) bond motifs is 2. The van der Waals surface area contributed by atoms with Crippen LogP contribution in [-0.2, 0) is 16.1 Å². The molecule has 3 aliphatic rings. The quantitative estimate of drug-likeness (QED) is 0.735. The Labute approximate surface area is 168 Å². The van der Waals surface area contributed by atoms with E-state index in [1.54, 1.807) is 0 Å². The number of hydrogen-bond acceptors (Lipinski definition) is 6. The molecule has 156 valence electrons. The first-order valence-corrected chi connectivity index (χ1v) is 10.7. The second-order valence-electron chi connectivity index (χ2n) is 8.53. The molecule has 3 fully saturated rings. The van der Waals surface area contributed by atoms with E-state index in [1.165, 1.54) is 24.8 Å². The zero-order valence-corrected chi connectivity index (χ0v) is 17.0. The van der Waals surface area contributed by atoms with E-state index < -0.39 is 6.10 Å². The van der Waals surface area contributed by atoms with Crippen LogP contribution in [0.1, 0.15) is 31.2 Å². The van der Waals surface area contributed by atoms with Crippen LogP contribution in [0.4, 0.5) is 0 Å². The normalized spacial score (nSPS) is 29.7. The highest BCUT2D eigenvalue weighted by Crippen LogP contribution is 2.38. The minimum atomic E-state index is -0.472. The van der Waals surface area contributed by atoms with Crippen LogP contribution in [0, 0.1) is 11.8 Å². The van der Waals surface area contributed by atoms with Crippen molar-refractivity contribution < 1.29 is 19.4 Å². The second-order valence-corrected chi connectivity index (χ2v) is 8.53. The lowest BCUT2D eigenvalue weighted by Crippen LogP contribution is -2.48. The summed E-state index contributed by atoms with van der Waals surface area (Å²) in [5.74, 6) is 2.04. The van der Waals surface area contributed by atoms with Gasteiger partial charge in [0.25, 0.3) is 0 Å². The summed E-state index contributed by atoms with van der Waals surface area (Å²) in [5, 5.41) is 12.5. The molecule has 1 aromatic rings. The molecule has 0 radical (unpaired) electrons. The summed E-state index contributed by atoms with van der Waals surface area (Å²) in [4.78, 5) is 8.04. The maximum Gasteiger partial charge on any atom is 0.119 e. The van der Waals surface area contributed by atoms with E-state index in [2.05, 4.69) is 17.0 Å². The van der Waals surface area contributed by atoms with E-state index in [-0.39, 0.29) is 0 Å². The van der Waals surface area contributed by atoms with Gasteiger partial charge in [0.15, 0.2) is 0 Å². The summed E-state index contributed by atoms with van der Waals surface area (Å²) in [6.07, 6.45) is 4.79. The van der Waals surface area contributed by atoms with E-state index in [1.807, 2.05) is 24.3 Å². The lowest BCUT2D eigenvalue weighted by molar-refractivity contribution is -0.187. The SMILES string of the molecule is COC1[C@@H]2CC[C@H]1CN(CC(O)COc1ccc(CN3CCCCO3)cc1)C2. The van der Waals surface area contributed by atoms with Crippen molar-refractivity contribution in [1.82, 2.24) is 9.96 Å². The van der Waals surface area contributed by atoms with Gasteiger partial charge in [-0.2, -0.15) is 5.06 Å². The standard InChI is InChI=1S/C22H34N2O4/c1-26-22-18-6-7-19(22)14-23(13-18)15-20(25)16-27-21-8-4-17(5-9-21)12-24-10-2-3-11-28-24/h4-5,8-9,18-20,22,25H,2-3,6-7,10-16H2,1H3/t18-,19+,20?,22?. The number of benzene rings is 1. The first-order chi connectivity index (χ1) is 13.7. The number of β-amino-alcohol motifs (C(OH)–C–C–N with tert-alkyl or cyclic N) is 1. The summed E-state index contributed by atoms with van der Waals surface area (Å²) in [7, 11) is 1.83. The average Bonchev–Trinajstić information content (AvgIpc) is 2.97.